The summed E-state index contributed by atoms with van der Waals surface area (Å²) >= 11 is 0. The number of carbonyl (C=O) groups excluding carboxylic acids is 1. The maximum atomic E-state index is 12.3. The average Bonchev–Trinajstić information content (AvgIpc) is 2.91. The van der Waals surface area contributed by atoms with Gasteiger partial charge in [0.25, 0.3) is 5.56 Å². The molecule has 0 fully saturated rings. The second kappa shape index (κ2) is 6.19. The third-order valence-electron chi connectivity index (χ3n) is 3.73. The molecule has 9 heteroatoms. The van der Waals surface area contributed by atoms with Crippen molar-refractivity contribution in [1.82, 2.24) is 34.1 Å². The molecule has 0 unspecified atom stereocenters. The van der Waals surface area contributed by atoms with Crippen LogP contribution in [0.3, 0.4) is 0 Å². The highest BCUT2D eigenvalue weighted by Gasteiger charge is 2.22. The molecular formula is C14H19N7O2. The van der Waals surface area contributed by atoms with Crippen molar-refractivity contribution in [2.24, 2.45) is 0 Å². The van der Waals surface area contributed by atoms with Crippen LogP contribution in [0, 0.1) is 0 Å². The van der Waals surface area contributed by atoms with Crippen molar-refractivity contribution in [3.8, 4) is 0 Å². The lowest BCUT2D eigenvalue weighted by Gasteiger charge is -2.24. The Labute approximate surface area is 133 Å². The first kappa shape index (κ1) is 15.2. The number of fused-ring (bicyclic) bond motifs is 1. The predicted octanol–water partition coefficient (Wildman–Crippen LogP) is -0.230. The smallest absolute Gasteiger partial charge is 0.319 e. The van der Waals surface area contributed by atoms with Crippen LogP contribution in [0.2, 0.25) is 0 Å². The molecule has 1 aliphatic rings. The van der Waals surface area contributed by atoms with Gasteiger partial charge in [0.15, 0.2) is 0 Å². The Balaban J connectivity index is 1.91. The molecule has 0 aromatic carbocycles. The highest BCUT2D eigenvalue weighted by atomic mass is 16.2. The van der Waals surface area contributed by atoms with E-state index in [1.54, 1.807) is 34.6 Å². The molecule has 1 aliphatic heterocycles. The average molecular weight is 317 g/mol. The van der Waals surface area contributed by atoms with E-state index in [0.717, 1.165) is 6.42 Å². The number of rotatable bonds is 2. The number of carbonyl (C=O) groups is 1. The van der Waals surface area contributed by atoms with Gasteiger partial charge in [-0.25, -0.2) is 19.4 Å². The van der Waals surface area contributed by atoms with Crippen LogP contribution in [0.1, 0.15) is 17.9 Å². The Kier molecular flexibility index (Phi) is 4.09. The van der Waals surface area contributed by atoms with Gasteiger partial charge in [-0.05, 0) is 6.42 Å². The topological polar surface area (TPSA) is 89.2 Å². The van der Waals surface area contributed by atoms with E-state index in [1.807, 2.05) is 0 Å². The van der Waals surface area contributed by atoms with E-state index >= 15 is 0 Å². The summed E-state index contributed by atoms with van der Waals surface area (Å²) in [5, 5.41) is 4.02. The highest BCUT2D eigenvalue weighted by Crippen LogP contribution is 2.11. The van der Waals surface area contributed by atoms with Crippen molar-refractivity contribution in [1.29, 1.82) is 0 Å². The predicted molar refractivity (Wildman–Crippen MR) is 81.7 cm³/mol. The Hall–Kier alpha value is -2.71. The van der Waals surface area contributed by atoms with Gasteiger partial charge in [-0.1, -0.05) is 0 Å². The molecule has 9 nitrogen and oxygen atoms in total. The third kappa shape index (κ3) is 3.22. The fourth-order valence-electron chi connectivity index (χ4n) is 2.64. The lowest BCUT2D eigenvalue weighted by molar-refractivity contribution is 0.168. The minimum Gasteiger partial charge on any atom is -0.331 e. The first-order valence-corrected chi connectivity index (χ1v) is 7.43. The Morgan fingerprint density at radius 2 is 2.17 bits per heavy atom. The molecule has 0 spiro atoms. The van der Waals surface area contributed by atoms with E-state index in [4.69, 9.17) is 0 Å². The summed E-state index contributed by atoms with van der Waals surface area (Å²) in [6.07, 6.45) is 3.75. The summed E-state index contributed by atoms with van der Waals surface area (Å²) in [7, 11) is 3.43. The lowest BCUT2D eigenvalue weighted by Crippen LogP contribution is -2.39. The van der Waals surface area contributed by atoms with E-state index in [-0.39, 0.29) is 11.6 Å². The molecule has 0 N–H and O–H groups in total. The van der Waals surface area contributed by atoms with Crippen molar-refractivity contribution < 1.29 is 4.79 Å². The van der Waals surface area contributed by atoms with Gasteiger partial charge in [0.2, 0.25) is 0 Å². The molecule has 0 radical (unpaired) electrons. The standard InChI is InChI=1S/C14H19N7O2/c1-18(2)14(23)19-4-3-5-21-12(8-19)17-11(6-13(21)22)7-20-10-15-9-16-20/h6,9-10H,3-5,7-8H2,1-2H3. The molecule has 0 atom stereocenters. The van der Waals surface area contributed by atoms with Crippen LogP contribution in [0.4, 0.5) is 4.79 Å². The zero-order valence-corrected chi connectivity index (χ0v) is 13.2. The van der Waals surface area contributed by atoms with Crippen molar-refractivity contribution >= 4 is 6.03 Å². The SMILES string of the molecule is CN(C)C(=O)N1CCCn2c(nc(Cn3cncn3)cc2=O)C1. The fourth-order valence-corrected chi connectivity index (χ4v) is 2.64. The monoisotopic (exact) mass is 317 g/mol. The van der Waals surface area contributed by atoms with Crippen LogP contribution in [0.25, 0.3) is 0 Å². The van der Waals surface area contributed by atoms with Crippen LogP contribution >= 0.6 is 0 Å². The van der Waals surface area contributed by atoms with Crippen molar-refractivity contribution in [2.45, 2.75) is 26.1 Å². The third-order valence-corrected chi connectivity index (χ3v) is 3.73. The number of hydrogen-bond donors (Lipinski definition) is 0. The molecule has 3 rings (SSSR count). The number of aromatic nitrogens is 5. The number of hydrogen-bond acceptors (Lipinski definition) is 5. The van der Waals surface area contributed by atoms with Crippen LogP contribution < -0.4 is 5.56 Å². The van der Waals surface area contributed by atoms with Crippen molar-refractivity contribution in [3.05, 3.63) is 40.6 Å². The van der Waals surface area contributed by atoms with Gasteiger partial charge < -0.3 is 9.80 Å². The maximum absolute atomic E-state index is 12.3. The Morgan fingerprint density at radius 1 is 1.35 bits per heavy atom. The molecule has 3 heterocycles. The van der Waals surface area contributed by atoms with Crippen LogP contribution in [0.5, 0.6) is 0 Å². The van der Waals surface area contributed by atoms with Gasteiger partial charge in [0, 0.05) is 33.3 Å². The van der Waals surface area contributed by atoms with Gasteiger partial charge in [-0.15, -0.1) is 0 Å². The molecule has 0 aliphatic carbocycles. The highest BCUT2D eigenvalue weighted by molar-refractivity contribution is 5.73. The van der Waals surface area contributed by atoms with E-state index in [2.05, 4.69) is 15.1 Å². The van der Waals surface area contributed by atoms with Gasteiger partial charge >= 0.3 is 6.03 Å². The summed E-state index contributed by atoms with van der Waals surface area (Å²) in [4.78, 5) is 36.2. The molecule has 122 valence electrons. The van der Waals surface area contributed by atoms with Crippen molar-refractivity contribution in [2.75, 3.05) is 20.6 Å². The molecular weight excluding hydrogens is 298 g/mol. The minimum absolute atomic E-state index is 0.0746. The molecule has 2 aromatic rings. The molecule has 23 heavy (non-hydrogen) atoms. The van der Waals surface area contributed by atoms with Gasteiger partial charge in [-0.2, -0.15) is 5.10 Å². The lowest BCUT2D eigenvalue weighted by atomic mass is 10.3. The van der Waals surface area contributed by atoms with E-state index in [0.29, 0.717) is 37.7 Å². The van der Waals surface area contributed by atoms with E-state index in [1.165, 1.54) is 17.3 Å². The summed E-state index contributed by atoms with van der Waals surface area (Å²) in [6, 6.07) is 1.45. The Morgan fingerprint density at radius 3 is 2.87 bits per heavy atom. The van der Waals surface area contributed by atoms with Gasteiger partial charge in [-0.3, -0.25) is 9.36 Å². The summed E-state index contributed by atoms with van der Waals surface area (Å²) in [5.41, 5.74) is 0.523. The number of amides is 2. The number of urea groups is 1. The maximum Gasteiger partial charge on any atom is 0.319 e. The second-order valence-corrected chi connectivity index (χ2v) is 5.70. The zero-order chi connectivity index (χ0) is 16.4. The normalized spacial score (nSPS) is 14.3. The first-order chi connectivity index (χ1) is 11.0. The summed E-state index contributed by atoms with van der Waals surface area (Å²) in [5.74, 6) is 0.611. The molecule has 2 aromatic heterocycles. The van der Waals surface area contributed by atoms with Crippen LogP contribution in [-0.2, 0) is 19.6 Å². The van der Waals surface area contributed by atoms with Crippen LogP contribution in [-0.4, -0.2) is 60.8 Å². The zero-order valence-electron chi connectivity index (χ0n) is 13.2. The van der Waals surface area contributed by atoms with Gasteiger partial charge in [0.05, 0.1) is 18.8 Å². The number of nitrogens with zero attached hydrogens (tertiary/aromatic N) is 7. The second-order valence-electron chi connectivity index (χ2n) is 5.70. The first-order valence-electron chi connectivity index (χ1n) is 7.43. The molecule has 0 bridgehead atoms. The fraction of sp³-hybridized carbons (Fsp3) is 0.500. The van der Waals surface area contributed by atoms with Crippen molar-refractivity contribution in [3.63, 3.8) is 0 Å². The summed E-state index contributed by atoms with van der Waals surface area (Å²) < 4.78 is 3.26. The van der Waals surface area contributed by atoms with E-state index < -0.39 is 0 Å². The molecule has 0 saturated heterocycles. The minimum atomic E-state index is -0.0933. The quantitative estimate of drug-likeness (QED) is 0.763. The van der Waals surface area contributed by atoms with Gasteiger partial charge in [0.1, 0.15) is 18.5 Å². The summed E-state index contributed by atoms with van der Waals surface area (Å²) in [6.45, 7) is 1.89. The molecule has 2 amide bonds. The van der Waals surface area contributed by atoms with Crippen LogP contribution in [0.15, 0.2) is 23.5 Å². The largest absolute Gasteiger partial charge is 0.331 e. The molecule has 0 saturated carbocycles. The Bertz CT molecular complexity index is 751. The van der Waals surface area contributed by atoms with E-state index in [9.17, 15) is 9.59 Å².